The van der Waals surface area contributed by atoms with E-state index in [0.29, 0.717) is 16.8 Å². The molecule has 33 heavy (non-hydrogen) atoms. The summed E-state index contributed by atoms with van der Waals surface area (Å²) < 4.78 is 1.00. The topological polar surface area (TPSA) is 114 Å². The van der Waals surface area contributed by atoms with Crippen molar-refractivity contribution in [1.29, 1.82) is 0 Å². The number of carbonyl (C=O) groups is 2. The van der Waals surface area contributed by atoms with Crippen molar-refractivity contribution in [1.82, 2.24) is 10.3 Å². The number of anilines is 1. The highest BCUT2D eigenvalue weighted by molar-refractivity contribution is 7.18. The molecule has 4 aromatic rings. The van der Waals surface area contributed by atoms with Crippen molar-refractivity contribution < 1.29 is 14.5 Å². The van der Waals surface area contributed by atoms with E-state index >= 15 is 0 Å². The molecule has 0 saturated carbocycles. The van der Waals surface area contributed by atoms with Gasteiger partial charge in [-0.25, -0.2) is 4.98 Å². The maximum absolute atomic E-state index is 13.1. The number of rotatable bonds is 6. The third kappa shape index (κ3) is 5.28. The number of non-ortho nitro benzene ring substituents is 1. The van der Waals surface area contributed by atoms with Crippen LogP contribution in [0.5, 0.6) is 0 Å². The lowest BCUT2D eigenvalue weighted by Gasteiger charge is -2.11. The van der Waals surface area contributed by atoms with Gasteiger partial charge in [0.05, 0.1) is 20.1 Å². The molecule has 1 aromatic heterocycles. The molecule has 0 atom stereocenters. The third-order valence-corrected chi connectivity index (χ3v) is 5.65. The number of nitrogens with zero attached hydrogens (tertiary/aromatic N) is 2. The first-order valence-electron chi connectivity index (χ1n) is 9.90. The number of thiazole rings is 1. The molecule has 0 fully saturated rings. The number of nitrogens with one attached hydrogen (secondary N) is 2. The monoisotopic (exact) mass is 458 g/mol. The number of nitro groups is 1. The molecule has 2 amide bonds. The number of carbonyl (C=O) groups excluding carboxylic acids is 2. The largest absolute Gasteiger partial charge is 0.321 e. The van der Waals surface area contributed by atoms with Gasteiger partial charge < -0.3 is 10.6 Å². The summed E-state index contributed by atoms with van der Waals surface area (Å²) in [4.78, 5) is 40.6. The van der Waals surface area contributed by atoms with E-state index in [0.717, 1.165) is 15.2 Å². The summed E-state index contributed by atoms with van der Waals surface area (Å²) in [5.74, 6) is -0.992. The van der Waals surface area contributed by atoms with Crippen LogP contribution in [0, 0.1) is 17.0 Å². The first-order valence-corrected chi connectivity index (χ1v) is 10.7. The highest BCUT2D eigenvalue weighted by Gasteiger charge is 2.16. The molecular weight excluding hydrogens is 440 g/mol. The Morgan fingerprint density at radius 1 is 1.03 bits per heavy atom. The van der Waals surface area contributed by atoms with Crippen molar-refractivity contribution in [3.8, 4) is 0 Å². The van der Waals surface area contributed by atoms with E-state index in [-0.39, 0.29) is 11.4 Å². The van der Waals surface area contributed by atoms with Crippen molar-refractivity contribution in [2.75, 3.05) is 5.32 Å². The summed E-state index contributed by atoms with van der Waals surface area (Å²) in [5.41, 5.74) is 2.13. The molecule has 1 heterocycles. The average Bonchev–Trinajstić information content (AvgIpc) is 3.18. The fourth-order valence-electron chi connectivity index (χ4n) is 3.12. The van der Waals surface area contributed by atoms with Gasteiger partial charge in [0.25, 0.3) is 17.5 Å². The van der Waals surface area contributed by atoms with Gasteiger partial charge in [0.1, 0.15) is 5.70 Å². The molecule has 4 rings (SSSR count). The Morgan fingerprint density at radius 2 is 1.76 bits per heavy atom. The smallest absolute Gasteiger partial charge is 0.272 e. The van der Waals surface area contributed by atoms with Crippen molar-refractivity contribution >= 4 is 50.8 Å². The van der Waals surface area contributed by atoms with Gasteiger partial charge >= 0.3 is 0 Å². The number of aryl methyl sites for hydroxylation is 1. The van der Waals surface area contributed by atoms with Crippen LogP contribution in [0.25, 0.3) is 16.3 Å². The number of nitro benzene ring substituents is 1. The van der Waals surface area contributed by atoms with Crippen molar-refractivity contribution in [3.05, 3.63) is 105 Å². The Balaban J connectivity index is 1.63. The molecular formula is C24H18N4O4S. The van der Waals surface area contributed by atoms with E-state index in [4.69, 9.17) is 0 Å². The molecule has 164 valence electrons. The molecule has 0 unspecified atom stereocenters. The molecule has 0 radical (unpaired) electrons. The lowest BCUT2D eigenvalue weighted by Crippen LogP contribution is -2.30. The van der Waals surface area contributed by atoms with Crippen molar-refractivity contribution in [2.45, 2.75) is 6.92 Å². The summed E-state index contributed by atoms with van der Waals surface area (Å²) in [6.07, 6.45) is 1.46. The van der Waals surface area contributed by atoms with Crippen LogP contribution in [0.2, 0.25) is 0 Å². The van der Waals surface area contributed by atoms with Gasteiger partial charge in [0, 0.05) is 23.4 Å². The number of hydrogen-bond donors (Lipinski definition) is 2. The summed E-state index contributed by atoms with van der Waals surface area (Å²) in [7, 11) is 0. The van der Waals surface area contributed by atoms with Gasteiger partial charge in [-0.2, -0.15) is 0 Å². The summed E-state index contributed by atoms with van der Waals surface area (Å²) in [6, 6.07) is 19.6. The first kappa shape index (κ1) is 21.8. The zero-order chi connectivity index (χ0) is 23.4. The van der Waals surface area contributed by atoms with Gasteiger partial charge in [-0.05, 0) is 61.0 Å². The van der Waals surface area contributed by atoms with E-state index in [1.165, 1.54) is 30.3 Å². The predicted octanol–water partition coefficient (Wildman–Crippen LogP) is 4.92. The zero-order valence-electron chi connectivity index (χ0n) is 17.4. The Labute approximate surface area is 192 Å². The first-order chi connectivity index (χ1) is 15.9. The second kappa shape index (κ2) is 9.41. The zero-order valence-corrected chi connectivity index (χ0v) is 18.3. The minimum absolute atomic E-state index is 0.00717. The quantitative estimate of drug-likeness (QED) is 0.242. The normalized spacial score (nSPS) is 11.2. The van der Waals surface area contributed by atoms with E-state index < -0.39 is 16.7 Å². The van der Waals surface area contributed by atoms with Crippen molar-refractivity contribution in [2.24, 2.45) is 0 Å². The number of amides is 2. The number of fused-ring (bicyclic) bond motifs is 1. The minimum atomic E-state index is -0.538. The Morgan fingerprint density at radius 3 is 2.45 bits per heavy atom. The van der Waals surface area contributed by atoms with Gasteiger partial charge in [0.15, 0.2) is 0 Å². The van der Waals surface area contributed by atoms with E-state index in [1.807, 2.05) is 13.0 Å². The molecule has 3 aromatic carbocycles. The lowest BCUT2D eigenvalue weighted by molar-refractivity contribution is -0.384. The second-order valence-electron chi connectivity index (χ2n) is 7.10. The standard InChI is InChI=1S/C24H18N4O4S/c1-15-25-20-14-18(9-12-22(20)33-15)26-24(30)21(27-23(29)17-5-3-2-4-6-17)13-16-7-10-19(11-8-16)28(31)32/h2-14H,1H3,(H,26,30)(H,27,29)/b21-13+. The summed E-state index contributed by atoms with van der Waals surface area (Å²) in [6.45, 7) is 1.91. The molecule has 9 heteroatoms. The number of benzene rings is 3. The van der Waals surface area contributed by atoms with Crippen LogP contribution in [0.15, 0.2) is 78.5 Å². The molecule has 0 spiro atoms. The third-order valence-electron chi connectivity index (χ3n) is 4.70. The Hall–Kier alpha value is -4.37. The van der Waals surface area contributed by atoms with E-state index in [2.05, 4.69) is 15.6 Å². The van der Waals surface area contributed by atoms with Crippen LogP contribution in [0.1, 0.15) is 20.9 Å². The SMILES string of the molecule is Cc1nc2cc(NC(=O)/C(=C\c3ccc([N+](=O)[O-])cc3)NC(=O)c3ccccc3)ccc2s1. The molecule has 0 bridgehead atoms. The van der Waals surface area contributed by atoms with E-state index in [9.17, 15) is 19.7 Å². The van der Waals surface area contributed by atoms with Crippen LogP contribution >= 0.6 is 11.3 Å². The summed E-state index contributed by atoms with van der Waals surface area (Å²) >= 11 is 1.56. The number of aromatic nitrogens is 1. The second-order valence-corrected chi connectivity index (χ2v) is 8.33. The van der Waals surface area contributed by atoms with Crippen LogP contribution in [-0.2, 0) is 4.79 Å². The maximum Gasteiger partial charge on any atom is 0.272 e. The summed E-state index contributed by atoms with van der Waals surface area (Å²) in [5, 5.41) is 17.3. The van der Waals surface area contributed by atoms with Crippen LogP contribution in [0.4, 0.5) is 11.4 Å². The lowest BCUT2D eigenvalue weighted by atomic mass is 10.1. The van der Waals surface area contributed by atoms with Crippen LogP contribution < -0.4 is 10.6 Å². The van der Waals surface area contributed by atoms with Crippen molar-refractivity contribution in [3.63, 3.8) is 0 Å². The van der Waals surface area contributed by atoms with Gasteiger partial charge in [-0.15, -0.1) is 11.3 Å². The molecule has 2 N–H and O–H groups in total. The fraction of sp³-hybridized carbons (Fsp3) is 0.0417. The molecule has 0 aliphatic rings. The highest BCUT2D eigenvalue weighted by Crippen LogP contribution is 2.25. The molecule has 0 aliphatic heterocycles. The maximum atomic E-state index is 13.1. The average molecular weight is 458 g/mol. The Kier molecular flexibility index (Phi) is 6.23. The van der Waals surface area contributed by atoms with Gasteiger partial charge in [-0.1, -0.05) is 18.2 Å². The highest BCUT2D eigenvalue weighted by atomic mass is 32.1. The predicted molar refractivity (Wildman–Crippen MR) is 128 cm³/mol. The number of hydrogen-bond acceptors (Lipinski definition) is 6. The van der Waals surface area contributed by atoms with Gasteiger partial charge in [-0.3, -0.25) is 19.7 Å². The van der Waals surface area contributed by atoms with Gasteiger partial charge in [0.2, 0.25) is 0 Å². The van der Waals surface area contributed by atoms with E-state index in [1.54, 1.807) is 53.8 Å². The van der Waals surface area contributed by atoms with Crippen LogP contribution in [-0.4, -0.2) is 21.7 Å². The minimum Gasteiger partial charge on any atom is -0.321 e. The molecule has 0 saturated heterocycles. The molecule has 0 aliphatic carbocycles. The molecule has 8 nitrogen and oxygen atoms in total. The fourth-order valence-corrected chi connectivity index (χ4v) is 3.93. The van der Waals surface area contributed by atoms with Crippen LogP contribution in [0.3, 0.4) is 0 Å². The Bertz CT molecular complexity index is 1380.